The Morgan fingerprint density at radius 2 is 1.67 bits per heavy atom. The van der Waals surface area contributed by atoms with Crippen molar-refractivity contribution in [3.05, 3.63) is 83.4 Å². The number of fused-ring (bicyclic) bond motifs is 3. The molecule has 0 spiro atoms. The Kier molecular flexibility index (Phi) is 6.25. The van der Waals surface area contributed by atoms with Gasteiger partial charge in [0, 0.05) is 11.6 Å². The maximum absolute atomic E-state index is 13.6. The molecule has 0 amide bonds. The van der Waals surface area contributed by atoms with Gasteiger partial charge >= 0.3 is 5.97 Å². The number of para-hydroxylation sites is 2. The molecule has 0 aliphatic carbocycles. The number of hydrogen-bond acceptors (Lipinski definition) is 7. The van der Waals surface area contributed by atoms with Crippen LogP contribution >= 0.6 is 0 Å². The molecule has 1 aliphatic heterocycles. The molecule has 0 bridgehead atoms. The minimum Gasteiger partial charge on any atom is -0.497 e. The lowest BCUT2D eigenvalue weighted by molar-refractivity contribution is -0.138. The Bertz CT molecular complexity index is 1460. The summed E-state index contributed by atoms with van der Waals surface area (Å²) in [5, 5.41) is 3.41. The minimum absolute atomic E-state index is 0.238. The largest absolute Gasteiger partial charge is 0.497 e. The Hall–Kier alpha value is -4.46. The van der Waals surface area contributed by atoms with Gasteiger partial charge in [-0.3, -0.25) is 4.57 Å². The Morgan fingerprint density at radius 1 is 0.944 bits per heavy atom. The van der Waals surface area contributed by atoms with Gasteiger partial charge in [0.1, 0.15) is 23.3 Å². The predicted molar refractivity (Wildman–Crippen MR) is 138 cm³/mol. The minimum atomic E-state index is -0.578. The number of carbonyl (C=O) groups excluding carboxylic acids is 1. The van der Waals surface area contributed by atoms with Gasteiger partial charge in [-0.1, -0.05) is 12.1 Å². The summed E-state index contributed by atoms with van der Waals surface area (Å²) in [6.07, 6.45) is 0. The first-order valence-electron chi connectivity index (χ1n) is 11.6. The second-order valence-electron chi connectivity index (χ2n) is 8.17. The number of benzene rings is 3. The second-order valence-corrected chi connectivity index (χ2v) is 8.17. The van der Waals surface area contributed by atoms with Crippen LogP contribution in [0, 0.1) is 0 Å². The molecular formula is C28H27N3O5. The maximum atomic E-state index is 13.6. The lowest BCUT2D eigenvalue weighted by Gasteiger charge is -2.32. The van der Waals surface area contributed by atoms with Crippen molar-refractivity contribution in [1.29, 1.82) is 0 Å². The van der Waals surface area contributed by atoms with Crippen LogP contribution in [0.1, 0.15) is 24.1 Å². The SMILES string of the molecule is CCOC(=O)C1=C(c2ccc(OC)cc2)Nc2nc3ccccc3n2[C@@H]1c1ccc(OC)cc1OC. The molecule has 0 unspecified atom stereocenters. The molecule has 0 fully saturated rings. The highest BCUT2D eigenvalue weighted by Gasteiger charge is 2.38. The Labute approximate surface area is 209 Å². The van der Waals surface area contributed by atoms with Crippen molar-refractivity contribution in [3.8, 4) is 17.2 Å². The molecule has 3 aromatic carbocycles. The third-order valence-electron chi connectivity index (χ3n) is 6.24. The summed E-state index contributed by atoms with van der Waals surface area (Å²) in [7, 11) is 4.82. The van der Waals surface area contributed by atoms with Crippen molar-refractivity contribution >= 4 is 28.6 Å². The fourth-order valence-corrected chi connectivity index (χ4v) is 4.59. The highest BCUT2D eigenvalue weighted by atomic mass is 16.5. The molecule has 8 heteroatoms. The summed E-state index contributed by atoms with van der Waals surface area (Å²) < 4.78 is 24.1. The molecule has 1 aromatic heterocycles. The lowest BCUT2D eigenvalue weighted by Crippen LogP contribution is -2.29. The number of aromatic nitrogens is 2. The van der Waals surface area contributed by atoms with E-state index in [-0.39, 0.29) is 6.61 Å². The van der Waals surface area contributed by atoms with Crippen LogP contribution in [0.5, 0.6) is 17.2 Å². The fraction of sp³-hybridized carbons (Fsp3) is 0.214. The van der Waals surface area contributed by atoms with E-state index in [2.05, 4.69) is 5.32 Å². The molecule has 184 valence electrons. The van der Waals surface area contributed by atoms with E-state index in [1.54, 1.807) is 28.3 Å². The van der Waals surface area contributed by atoms with Crippen LogP contribution < -0.4 is 19.5 Å². The van der Waals surface area contributed by atoms with E-state index in [1.165, 1.54) is 0 Å². The van der Waals surface area contributed by atoms with Gasteiger partial charge in [-0.25, -0.2) is 9.78 Å². The number of rotatable bonds is 7. The van der Waals surface area contributed by atoms with E-state index in [9.17, 15) is 4.79 Å². The summed E-state index contributed by atoms with van der Waals surface area (Å²) in [5.74, 6) is 2.13. The summed E-state index contributed by atoms with van der Waals surface area (Å²) >= 11 is 0. The van der Waals surface area contributed by atoms with Crippen molar-refractivity contribution in [2.45, 2.75) is 13.0 Å². The zero-order chi connectivity index (χ0) is 25.2. The standard InChI is InChI=1S/C28H27N3O5/c1-5-36-27(32)24-25(17-10-12-18(33-2)13-11-17)30-28-29-21-8-6-7-9-22(21)31(28)26(24)20-15-14-19(34-3)16-23(20)35-4/h6-16,26H,5H2,1-4H3,(H,29,30)/t26-/m1/s1. The first-order valence-corrected chi connectivity index (χ1v) is 11.6. The number of nitrogens with zero attached hydrogens (tertiary/aromatic N) is 2. The quantitative estimate of drug-likeness (QED) is 0.367. The number of methoxy groups -OCH3 is 3. The highest BCUT2D eigenvalue weighted by Crippen LogP contribution is 2.45. The summed E-state index contributed by atoms with van der Waals surface area (Å²) in [6.45, 7) is 2.03. The van der Waals surface area contributed by atoms with Gasteiger partial charge in [-0.05, 0) is 61.0 Å². The number of imidazole rings is 1. The zero-order valence-electron chi connectivity index (χ0n) is 20.6. The molecule has 1 N–H and O–H groups in total. The highest BCUT2D eigenvalue weighted by molar-refractivity contribution is 6.03. The van der Waals surface area contributed by atoms with Gasteiger partial charge in [-0.2, -0.15) is 0 Å². The average Bonchev–Trinajstić information content (AvgIpc) is 3.30. The number of esters is 1. The Morgan fingerprint density at radius 3 is 2.36 bits per heavy atom. The second kappa shape index (κ2) is 9.65. The zero-order valence-corrected chi connectivity index (χ0v) is 20.6. The van der Waals surface area contributed by atoms with Crippen LogP contribution in [0.3, 0.4) is 0 Å². The number of hydrogen-bond donors (Lipinski definition) is 1. The van der Waals surface area contributed by atoms with Gasteiger partial charge in [0.2, 0.25) is 5.95 Å². The number of nitrogens with one attached hydrogen (secondary N) is 1. The lowest BCUT2D eigenvalue weighted by atomic mass is 9.91. The summed E-state index contributed by atoms with van der Waals surface area (Å²) in [4.78, 5) is 18.5. The van der Waals surface area contributed by atoms with Gasteiger partial charge in [-0.15, -0.1) is 0 Å². The molecule has 0 saturated carbocycles. The van der Waals surface area contributed by atoms with Crippen LogP contribution in [0.25, 0.3) is 16.7 Å². The molecule has 5 rings (SSSR count). The third-order valence-corrected chi connectivity index (χ3v) is 6.24. The van der Waals surface area contributed by atoms with Gasteiger partial charge < -0.3 is 24.3 Å². The van der Waals surface area contributed by atoms with Crippen LogP contribution in [0.4, 0.5) is 5.95 Å². The van der Waals surface area contributed by atoms with E-state index in [4.69, 9.17) is 23.9 Å². The molecule has 8 nitrogen and oxygen atoms in total. The van der Waals surface area contributed by atoms with E-state index in [0.29, 0.717) is 34.5 Å². The molecular weight excluding hydrogens is 458 g/mol. The van der Waals surface area contributed by atoms with Crippen molar-refractivity contribution in [3.63, 3.8) is 0 Å². The molecule has 4 aromatic rings. The van der Waals surface area contributed by atoms with Gasteiger partial charge in [0.05, 0.1) is 50.2 Å². The van der Waals surface area contributed by atoms with Crippen molar-refractivity contribution in [1.82, 2.24) is 9.55 Å². The molecule has 1 aliphatic rings. The van der Waals surface area contributed by atoms with Crippen LogP contribution in [0.15, 0.2) is 72.3 Å². The van der Waals surface area contributed by atoms with Crippen LogP contribution in [0.2, 0.25) is 0 Å². The monoisotopic (exact) mass is 485 g/mol. The average molecular weight is 486 g/mol. The maximum Gasteiger partial charge on any atom is 0.338 e. The molecule has 36 heavy (non-hydrogen) atoms. The topological polar surface area (TPSA) is 83.8 Å². The first-order chi connectivity index (χ1) is 17.6. The van der Waals surface area contributed by atoms with E-state index < -0.39 is 12.0 Å². The van der Waals surface area contributed by atoms with Gasteiger partial charge in [0.25, 0.3) is 0 Å². The smallest absolute Gasteiger partial charge is 0.338 e. The number of carbonyl (C=O) groups is 1. The third kappa shape index (κ3) is 3.90. The van der Waals surface area contributed by atoms with Crippen molar-refractivity contribution in [2.24, 2.45) is 0 Å². The van der Waals surface area contributed by atoms with Crippen LogP contribution in [-0.2, 0) is 9.53 Å². The van der Waals surface area contributed by atoms with Crippen molar-refractivity contribution in [2.75, 3.05) is 33.3 Å². The Balaban J connectivity index is 1.83. The first kappa shape index (κ1) is 23.3. The fourth-order valence-electron chi connectivity index (χ4n) is 4.59. The van der Waals surface area contributed by atoms with Gasteiger partial charge in [0.15, 0.2) is 0 Å². The van der Waals surface area contributed by atoms with E-state index in [0.717, 1.165) is 22.2 Å². The number of ether oxygens (including phenoxy) is 4. The van der Waals surface area contributed by atoms with Crippen LogP contribution in [-0.4, -0.2) is 43.5 Å². The van der Waals surface area contributed by atoms with E-state index in [1.807, 2.05) is 71.3 Å². The summed E-state index contributed by atoms with van der Waals surface area (Å²) in [5.41, 5.74) is 4.31. The summed E-state index contributed by atoms with van der Waals surface area (Å²) in [6, 6.07) is 20.3. The normalized spacial score (nSPS) is 14.7. The van der Waals surface area contributed by atoms with Crippen molar-refractivity contribution < 1.29 is 23.7 Å². The molecule has 0 saturated heterocycles. The molecule has 2 heterocycles. The number of anilines is 1. The predicted octanol–water partition coefficient (Wildman–Crippen LogP) is 5.05. The molecule has 0 radical (unpaired) electrons. The van der Waals surface area contributed by atoms with E-state index >= 15 is 0 Å². The molecule has 1 atom stereocenters.